The number of nitro groups is 1. The van der Waals surface area contributed by atoms with Crippen LogP contribution in [0.15, 0.2) is 18.2 Å². The first-order valence-corrected chi connectivity index (χ1v) is 6.52. The first-order valence-electron chi connectivity index (χ1n) is 6.52. The van der Waals surface area contributed by atoms with Crippen molar-refractivity contribution in [3.63, 3.8) is 0 Å². The van der Waals surface area contributed by atoms with Crippen LogP contribution >= 0.6 is 0 Å². The highest BCUT2D eigenvalue weighted by atomic mass is 16.6. The first-order chi connectivity index (χ1) is 9.88. The number of anilines is 1. The molecule has 1 aromatic carbocycles. The van der Waals surface area contributed by atoms with Crippen molar-refractivity contribution in [1.82, 2.24) is 4.90 Å². The molecule has 1 aliphatic heterocycles. The largest absolute Gasteiger partial charge is 0.377 e. The first kappa shape index (κ1) is 15.2. The van der Waals surface area contributed by atoms with Crippen LogP contribution in [0.4, 0.5) is 11.4 Å². The van der Waals surface area contributed by atoms with Gasteiger partial charge >= 0.3 is 5.69 Å². The smallest absolute Gasteiger partial charge is 0.306 e. The number of hydrogen-bond acceptors (Lipinski definition) is 6. The number of nitrogens with one attached hydrogen (secondary N) is 1. The molecule has 1 aliphatic rings. The number of hydrazine groups is 1. The summed E-state index contributed by atoms with van der Waals surface area (Å²) >= 11 is 0. The predicted octanol–water partition coefficient (Wildman–Crippen LogP) is 1.13. The monoisotopic (exact) mass is 294 g/mol. The van der Waals surface area contributed by atoms with Crippen LogP contribution in [0.25, 0.3) is 0 Å². The Balaban J connectivity index is 2.46. The van der Waals surface area contributed by atoms with E-state index in [9.17, 15) is 14.9 Å². The third-order valence-electron chi connectivity index (χ3n) is 3.49. The van der Waals surface area contributed by atoms with E-state index in [1.54, 1.807) is 11.0 Å². The number of ether oxygens (including phenoxy) is 1. The van der Waals surface area contributed by atoms with Gasteiger partial charge in [-0.2, -0.15) is 0 Å². The van der Waals surface area contributed by atoms with E-state index in [1.807, 2.05) is 13.8 Å². The Labute approximate surface area is 122 Å². The number of morpholine rings is 1. The molecule has 1 saturated heterocycles. The number of amides is 1. The van der Waals surface area contributed by atoms with Gasteiger partial charge in [-0.15, -0.1) is 0 Å². The van der Waals surface area contributed by atoms with Gasteiger partial charge in [0, 0.05) is 6.54 Å². The molecule has 0 aromatic heterocycles. The summed E-state index contributed by atoms with van der Waals surface area (Å²) in [5, 5.41) is 11.3. The van der Waals surface area contributed by atoms with Gasteiger partial charge in [0.15, 0.2) is 0 Å². The lowest BCUT2D eigenvalue weighted by Gasteiger charge is -2.42. The minimum Gasteiger partial charge on any atom is -0.377 e. The van der Waals surface area contributed by atoms with Crippen molar-refractivity contribution < 1.29 is 14.5 Å². The lowest BCUT2D eigenvalue weighted by atomic mass is 10.00. The van der Waals surface area contributed by atoms with E-state index >= 15 is 0 Å². The number of benzene rings is 1. The number of nitrogen functional groups attached to an aromatic ring is 1. The quantitative estimate of drug-likeness (QED) is 0.491. The molecule has 8 nitrogen and oxygen atoms in total. The summed E-state index contributed by atoms with van der Waals surface area (Å²) in [4.78, 5) is 25.0. The van der Waals surface area contributed by atoms with Crippen molar-refractivity contribution >= 4 is 17.3 Å². The van der Waals surface area contributed by atoms with Gasteiger partial charge in [-0.05, 0) is 26.0 Å². The highest BCUT2D eigenvalue weighted by molar-refractivity contribution is 6.00. The molecule has 2 rings (SSSR count). The van der Waals surface area contributed by atoms with Crippen molar-refractivity contribution in [2.24, 2.45) is 5.84 Å². The second-order valence-corrected chi connectivity index (χ2v) is 5.42. The average Bonchev–Trinajstić information content (AvgIpc) is 2.45. The Morgan fingerprint density at radius 3 is 2.81 bits per heavy atom. The third kappa shape index (κ3) is 2.81. The molecule has 0 atom stereocenters. The van der Waals surface area contributed by atoms with E-state index in [2.05, 4.69) is 5.43 Å². The Morgan fingerprint density at radius 1 is 1.52 bits per heavy atom. The van der Waals surface area contributed by atoms with Gasteiger partial charge in [0.1, 0.15) is 11.3 Å². The molecule has 1 aromatic rings. The molecule has 0 unspecified atom stereocenters. The van der Waals surface area contributed by atoms with E-state index in [4.69, 9.17) is 10.6 Å². The molecular weight excluding hydrogens is 276 g/mol. The lowest BCUT2D eigenvalue weighted by molar-refractivity contribution is -0.384. The van der Waals surface area contributed by atoms with Gasteiger partial charge in [0.2, 0.25) is 0 Å². The summed E-state index contributed by atoms with van der Waals surface area (Å²) in [6.45, 7) is 4.92. The Bertz CT molecular complexity index is 573. The van der Waals surface area contributed by atoms with Gasteiger partial charge in [-0.1, -0.05) is 6.07 Å². The highest BCUT2D eigenvalue weighted by Crippen LogP contribution is 2.31. The standard InChI is InChI=1S/C13H18N4O4/c1-13(2)8-21-7-6-16(13)12(18)9-4-3-5-10(15-14)11(9)17(19)20/h3-5,15H,6-8,14H2,1-2H3. The van der Waals surface area contributed by atoms with E-state index in [0.29, 0.717) is 19.8 Å². The molecule has 0 saturated carbocycles. The maximum Gasteiger partial charge on any atom is 0.306 e. The summed E-state index contributed by atoms with van der Waals surface area (Å²) < 4.78 is 5.36. The molecule has 8 heteroatoms. The maximum atomic E-state index is 12.7. The molecule has 114 valence electrons. The summed E-state index contributed by atoms with van der Waals surface area (Å²) in [5.74, 6) is 4.89. The summed E-state index contributed by atoms with van der Waals surface area (Å²) in [5.41, 5.74) is 1.55. The summed E-state index contributed by atoms with van der Waals surface area (Å²) in [6, 6.07) is 4.45. The zero-order valence-electron chi connectivity index (χ0n) is 12.0. The van der Waals surface area contributed by atoms with E-state index in [-0.39, 0.29) is 16.9 Å². The number of rotatable bonds is 3. The van der Waals surface area contributed by atoms with E-state index < -0.39 is 16.4 Å². The normalized spacial score (nSPS) is 17.4. The van der Waals surface area contributed by atoms with Gasteiger partial charge in [0.25, 0.3) is 5.91 Å². The molecule has 1 heterocycles. The fourth-order valence-electron chi connectivity index (χ4n) is 2.41. The Hall–Kier alpha value is -2.19. The molecule has 1 fully saturated rings. The maximum absolute atomic E-state index is 12.7. The summed E-state index contributed by atoms with van der Waals surface area (Å²) in [6.07, 6.45) is 0. The number of hydrogen-bond donors (Lipinski definition) is 2. The lowest BCUT2D eigenvalue weighted by Crippen LogP contribution is -2.55. The molecule has 0 radical (unpaired) electrons. The Morgan fingerprint density at radius 2 is 2.24 bits per heavy atom. The van der Waals surface area contributed by atoms with Crippen molar-refractivity contribution in [3.05, 3.63) is 33.9 Å². The molecule has 21 heavy (non-hydrogen) atoms. The minimum atomic E-state index is -0.601. The van der Waals surface area contributed by atoms with Crippen LogP contribution in [0.2, 0.25) is 0 Å². The van der Waals surface area contributed by atoms with Gasteiger partial charge in [-0.25, -0.2) is 0 Å². The molecular formula is C13H18N4O4. The number of para-hydroxylation sites is 1. The topological polar surface area (TPSA) is 111 Å². The van der Waals surface area contributed by atoms with Gasteiger partial charge in [-0.3, -0.25) is 20.8 Å². The van der Waals surface area contributed by atoms with Crippen LogP contribution in [0.3, 0.4) is 0 Å². The van der Waals surface area contributed by atoms with E-state index in [1.165, 1.54) is 12.1 Å². The average molecular weight is 294 g/mol. The van der Waals surface area contributed by atoms with E-state index in [0.717, 1.165) is 0 Å². The molecule has 0 spiro atoms. The second kappa shape index (κ2) is 5.66. The minimum absolute atomic E-state index is 0.0189. The SMILES string of the molecule is CC1(C)COCCN1C(=O)c1cccc(NN)c1[N+](=O)[O-]. The number of nitro benzene ring substituents is 1. The van der Waals surface area contributed by atoms with Gasteiger partial charge < -0.3 is 15.1 Å². The van der Waals surface area contributed by atoms with Gasteiger partial charge in [0.05, 0.1) is 23.7 Å². The molecule has 1 amide bonds. The molecule has 0 bridgehead atoms. The van der Waals surface area contributed by atoms with Crippen LogP contribution in [-0.2, 0) is 4.74 Å². The van der Waals surface area contributed by atoms with Crippen LogP contribution in [-0.4, -0.2) is 41.0 Å². The van der Waals surface area contributed by atoms with Crippen molar-refractivity contribution in [2.45, 2.75) is 19.4 Å². The Kier molecular flexibility index (Phi) is 4.10. The predicted molar refractivity (Wildman–Crippen MR) is 76.8 cm³/mol. The second-order valence-electron chi connectivity index (χ2n) is 5.42. The number of nitrogens with zero attached hydrogens (tertiary/aromatic N) is 2. The fourth-order valence-corrected chi connectivity index (χ4v) is 2.41. The zero-order chi connectivity index (χ0) is 15.6. The number of carbonyl (C=O) groups is 1. The third-order valence-corrected chi connectivity index (χ3v) is 3.49. The van der Waals surface area contributed by atoms with Crippen molar-refractivity contribution in [3.8, 4) is 0 Å². The van der Waals surface area contributed by atoms with Crippen LogP contribution < -0.4 is 11.3 Å². The zero-order valence-corrected chi connectivity index (χ0v) is 12.0. The van der Waals surface area contributed by atoms with Crippen molar-refractivity contribution in [2.75, 3.05) is 25.2 Å². The number of nitrogens with two attached hydrogens (primary N) is 1. The van der Waals surface area contributed by atoms with Crippen LogP contribution in [0.1, 0.15) is 24.2 Å². The highest BCUT2D eigenvalue weighted by Gasteiger charge is 2.37. The van der Waals surface area contributed by atoms with Crippen LogP contribution in [0.5, 0.6) is 0 Å². The number of carbonyl (C=O) groups excluding carboxylic acids is 1. The molecule has 0 aliphatic carbocycles. The summed E-state index contributed by atoms with van der Waals surface area (Å²) in [7, 11) is 0. The fraction of sp³-hybridized carbons (Fsp3) is 0.462. The van der Waals surface area contributed by atoms with Crippen LogP contribution in [0, 0.1) is 10.1 Å². The van der Waals surface area contributed by atoms with Crippen molar-refractivity contribution in [1.29, 1.82) is 0 Å². The molecule has 3 N–H and O–H groups in total.